The first-order valence-corrected chi connectivity index (χ1v) is 14.3. The van der Waals surface area contributed by atoms with Crippen LogP contribution < -0.4 is 9.80 Å². The fraction of sp³-hybridized carbons (Fsp3) is 0.417. The average Bonchev–Trinajstić information content (AvgIpc) is 3.25. The summed E-state index contributed by atoms with van der Waals surface area (Å²) in [7, 11) is -2.14. The molecule has 0 aromatic heterocycles. The van der Waals surface area contributed by atoms with Gasteiger partial charge in [0.25, 0.3) is 0 Å². The first kappa shape index (κ1) is 25.3. The van der Waals surface area contributed by atoms with Gasteiger partial charge in [-0.25, -0.2) is 8.42 Å². The summed E-state index contributed by atoms with van der Waals surface area (Å²) in [5.41, 5.74) is 2.37. The van der Waals surface area contributed by atoms with Crippen LogP contribution in [0.15, 0.2) is 50.2 Å². The molecule has 0 spiro atoms. The number of fused-ring (bicyclic) bond motifs is 1. The van der Waals surface area contributed by atoms with Crippen LogP contribution in [0, 0.1) is 5.92 Å². The number of halogens is 2. The van der Waals surface area contributed by atoms with Crippen molar-refractivity contribution in [2.75, 3.05) is 36.5 Å². The molecule has 0 unspecified atom stereocenters. The first-order valence-electron chi connectivity index (χ1n) is 11.3. The van der Waals surface area contributed by atoms with Crippen molar-refractivity contribution in [3.8, 4) is 0 Å². The number of nitrogens with zero attached hydrogens (tertiary/aromatic N) is 3. The standard InChI is InChI=1S/C24H27Br2N3O4S/c1-3-23(30)29-12-10-16-13-20(26)22(14-21(16)29)34(32,33)28-11-4-5-17(15-28)24(31)27(2)19-8-6-18(25)7-9-19/h6-9,13-14,17H,3-5,10-12,15H2,1-2H3/t17-/m0/s1. The number of hydrogen-bond donors (Lipinski definition) is 0. The highest BCUT2D eigenvalue weighted by Gasteiger charge is 2.37. The molecule has 2 aromatic carbocycles. The average molecular weight is 613 g/mol. The SMILES string of the molecule is CCC(=O)N1CCc2cc(Br)c(S(=O)(=O)N3CCC[C@H](C(=O)N(C)c4ccc(Br)cc4)C3)cc21. The maximum absolute atomic E-state index is 13.7. The molecule has 0 radical (unpaired) electrons. The number of rotatable bonds is 5. The van der Waals surface area contributed by atoms with Crippen LogP contribution >= 0.6 is 31.9 Å². The van der Waals surface area contributed by atoms with Crippen molar-refractivity contribution in [2.45, 2.75) is 37.5 Å². The van der Waals surface area contributed by atoms with Gasteiger partial charge in [-0.2, -0.15) is 4.31 Å². The molecule has 7 nitrogen and oxygen atoms in total. The molecular weight excluding hydrogens is 586 g/mol. The molecule has 1 atom stereocenters. The van der Waals surface area contributed by atoms with Gasteiger partial charge in [-0.05, 0) is 77.2 Å². The topological polar surface area (TPSA) is 78.0 Å². The van der Waals surface area contributed by atoms with Gasteiger partial charge in [0.15, 0.2) is 0 Å². The molecule has 0 bridgehead atoms. The van der Waals surface area contributed by atoms with Crippen molar-refractivity contribution in [1.82, 2.24) is 4.31 Å². The van der Waals surface area contributed by atoms with E-state index in [0.717, 1.165) is 15.7 Å². The Balaban J connectivity index is 1.58. The lowest BCUT2D eigenvalue weighted by atomic mass is 9.98. The highest BCUT2D eigenvalue weighted by atomic mass is 79.9. The summed E-state index contributed by atoms with van der Waals surface area (Å²) in [6, 6.07) is 10.9. The van der Waals surface area contributed by atoms with E-state index in [9.17, 15) is 18.0 Å². The Hall–Kier alpha value is -1.75. The molecule has 2 amide bonds. The molecule has 2 aromatic rings. The molecule has 34 heavy (non-hydrogen) atoms. The zero-order valence-electron chi connectivity index (χ0n) is 19.1. The van der Waals surface area contributed by atoms with Crippen molar-refractivity contribution >= 4 is 65.1 Å². The van der Waals surface area contributed by atoms with Gasteiger partial charge < -0.3 is 9.80 Å². The number of amides is 2. The van der Waals surface area contributed by atoms with Crippen LogP contribution in [0.1, 0.15) is 31.7 Å². The van der Waals surface area contributed by atoms with Crippen LogP contribution in [0.2, 0.25) is 0 Å². The maximum Gasteiger partial charge on any atom is 0.244 e. The summed E-state index contributed by atoms with van der Waals surface area (Å²) >= 11 is 6.84. The number of carbonyl (C=O) groups is 2. The third-order valence-corrected chi connectivity index (χ3v) is 9.88. The van der Waals surface area contributed by atoms with Crippen LogP contribution in [0.3, 0.4) is 0 Å². The van der Waals surface area contributed by atoms with E-state index in [1.54, 1.807) is 35.9 Å². The highest BCUT2D eigenvalue weighted by Crippen LogP contribution is 2.38. The van der Waals surface area contributed by atoms with E-state index < -0.39 is 15.9 Å². The van der Waals surface area contributed by atoms with Crippen molar-refractivity contribution in [2.24, 2.45) is 5.92 Å². The van der Waals surface area contributed by atoms with E-state index in [4.69, 9.17) is 0 Å². The summed E-state index contributed by atoms with van der Waals surface area (Å²) in [5, 5.41) is 0. The third-order valence-electron chi connectivity index (χ3n) is 6.53. The number of hydrogen-bond acceptors (Lipinski definition) is 4. The molecule has 10 heteroatoms. The normalized spacial score (nSPS) is 18.6. The Labute approximate surface area is 217 Å². The smallest absolute Gasteiger partial charge is 0.244 e. The van der Waals surface area contributed by atoms with Crippen molar-refractivity contribution in [3.63, 3.8) is 0 Å². The largest absolute Gasteiger partial charge is 0.315 e. The fourth-order valence-corrected chi connectivity index (χ4v) is 7.46. The molecular formula is C24H27Br2N3O4S. The molecule has 182 valence electrons. The fourth-order valence-electron chi connectivity index (χ4n) is 4.60. The van der Waals surface area contributed by atoms with Crippen molar-refractivity contribution < 1.29 is 18.0 Å². The van der Waals surface area contributed by atoms with Crippen LogP contribution in [0.4, 0.5) is 11.4 Å². The second-order valence-electron chi connectivity index (χ2n) is 8.64. The van der Waals surface area contributed by atoms with E-state index in [1.165, 1.54) is 4.31 Å². The summed E-state index contributed by atoms with van der Waals surface area (Å²) in [6.45, 7) is 2.84. The molecule has 4 rings (SSSR count). The maximum atomic E-state index is 13.7. The molecule has 1 saturated heterocycles. The van der Waals surface area contributed by atoms with Crippen molar-refractivity contribution in [1.29, 1.82) is 0 Å². The third kappa shape index (κ3) is 4.82. The molecule has 0 saturated carbocycles. The van der Waals surface area contributed by atoms with E-state index in [1.807, 2.05) is 24.3 Å². The predicted molar refractivity (Wildman–Crippen MR) is 140 cm³/mol. The van der Waals surface area contributed by atoms with Gasteiger partial charge in [-0.15, -0.1) is 0 Å². The van der Waals surface area contributed by atoms with Gasteiger partial charge >= 0.3 is 0 Å². The lowest BCUT2D eigenvalue weighted by Gasteiger charge is -2.33. The number of piperidine rings is 1. The number of benzene rings is 2. The minimum atomic E-state index is -3.86. The van der Waals surface area contributed by atoms with Gasteiger partial charge in [0, 0.05) is 53.4 Å². The van der Waals surface area contributed by atoms with Gasteiger partial charge in [0.05, 0.1) is 10.8 Å². The summed E-state index contributed by atoms with van der Waals surface area (Å²) in [6.07, 6.45) is 2.30. The van der Waals surface area contributed by atoms with Gasteiger partial charge in [0.1, 0.15) is 0 Å². The van der Waals surface area contributed by atoms with Crippen molar-refractivity contribution in [3.05, 3.63) is 50.9 Å². The number of sulfonamides is 1. The lowest BCUT2D eigenvalue weighted by Crippen LogP contribution is -2.46. The summed E-state index contributed by atoms with van der Waals surface area (Å²) in [4.78, 5) is 28.9. The predicted octanol–water partition coefficient (Wildman–Crippen LogP) is 4.57. The van der Waals surface area contributed by atoms with Crippen LogP contribution in [-0.4, -0.2) is 51.2 Å². The Kier molecular flexibility index (Phi) is 7.52. The zero-order valence-corrected chi connectivity index (χ0v) is 23.1. The van der Waals surface area contributed by atoms with Crippen LogP contribution in [0.25, 0.3) is 0 Å². The summed E-state index contributed by atoms with van der Waals surface area (Å²) < 4.78 is 30.1. The van der Waals surface area contributed by atoms with E-state index in [2.05, 4.69) is 31.9 Å². The molecule has 1 fully saturated rings. The molecule has 0 aliphatic carbocycles. The van der Waals surface area contributed by atoms with E-state index >= 15 is 0 Å². The Morgan fingerprint density at radius 1 is 1.12 bits per heavy atom. The Morgan fingerprint density at radius 3 is 2.50 bits per heavy atom. The second kappa shape index (κ2) is 10.1. The minimum absolute atomic E-state index is 0.0240. The number of anilines is 2. The van der Waals surface area contributed by atoms with E-state index in [0.29, 0.717) is 48.9 Å². The molecule has 0 N–H and O–H groups in total. The monoisotopic (exact) mass is 611 g/mol. The Bertz CT molecular complexity index is 1220. The van der Waals surface area contributed by atoms with Gasteiger partial charge in [-0.1, -0.05) is 22.9 Å². The first-order chi connectivity index (χ1) is 16.1. The van der Waals surface area contributed by atoms with Gasteiger partial charge in [0.2, 0.25) is 21.8 Å². The Morgan fingerprint density at radius 2 is 1.82 bits per heavy atom. The van der Waals surface area contributed by atoms with Crippen LogP contribution in [0.5, 0.6) is 0 Å². The van der Waals surface area contributed by atoms with Crippen LogP contribution in [-0.2, 0) is 26.0 Å². The molecule has 2 aliphatic rings. The van der Waals surface area contributed by atoms with E-state index in [-0.39, 0.29) is 23.3 Å². The lowest BCUT2D eigenvalue weighted by molar-refractivity contribution is -0.123. The number of carbonyl (C=O) groups excluding carboxylic acids is 2. The van der Waals surface area contributed by atoms with Gasteiger partial charge in [-0.3, -0.25) is 9.59 Å². The molecule has 2 aliphatic heterocycles. The molecule has 2 heterocycles. The quantitative estimate of drug-likeness (QED) is 0.495. The highest BCUT2D eigenvalue weighted by molar-refractivity contribution is 9.10. The second-order valence-corrected chi connectivity index (χ2v) is 12.3. The minimum Gasteiger partial charge on any atom is -0.315 e. The summed E-state index contributed by atoms with van der Waals surface area (Å²) in [5.74, 6) is -0.553. The zero-order chi connectivity index (χ0) is 24.6.